The molecule has 0 bridgehead atoms. The Morgan fingerprint density at radius 2 is 2.12 bits per heavy atom. The molecule has 9 nitrogen and oxygen atoms in total. The van der Waals surface area contributed by atoms with E-state index in [1.165, 1.54) is 10.9 Å². The molecule has 1 aromatic carbocycles. The average Bonchev–Trinajstić information content (AvgIpc) is 3.14. The molecule has 0 aliphatic carbocycles. The number of carbonyl (C=O) groups excluding carboxylic acids is 1. The Kier molecular flexibility index (Phi) is 4.93. The lowest BCUT2D eigenvalue weighted by Gasteiger charge is -2.32. The number of benzene rings is 1. The minimum Gasteiger partial charge on any atom is -0.497 e. The highest BCUT2D eigenvalue weighted by atomic mass is 16.5. The number of fused-ring (bicyclic) bond motifs is 5. The Hall–Kier alpha value is -3.72. The minimum absolute atomic E-state index is 0.0891. The molecular weight excluding hydrogens is 424 g/mol. The molecule has 1 N–H and O–H groups in total. The zero-order valence-corrected chi connectivity index (χ0v) is 18.9. The Morgan fingerprint density at radius 1 is 1.30 bits per heavy atom. The van der Waals surface area contributed by atoms with Gasteiger partial charge in [0.1, 0.15) is 17.8 Å². The zero-order valence-electron chi connectivity index (χ0n) is 18.9. The second-order valence-corrected chi connectivity index (χ2v) is 8.80. The topological polar surface area (TPSA) is 108 Å². The number of methoxy groups -OCH3 is 1. The first-order chi connectivity index (χ1) is 15.8. The van der Waals surface area contributed by atoms with E-state index in [9.17, 15) is 9.59 Å². The van der Waals surface area contributed by atoms with Crippen LogP contribution in [0.2, 0.25) is 0 Å². The van der Waals surface area contributed by atoms with Crippen LogP contribution in [0.1, 0.15) is 30.7 Å². The van der Waals surface area contributed by atoms with E-state index in [1.54, 1.807) is 31.4 Å². The van der Waals surface area contributed by atoms with E-state index in [2.05, 4.69) is 15.3 Å². The van der Waals surface area contributed by atoms with Crippen molar-refractivity contribution in [2.24, 2.45) is 0 Å². The highest BCUT2D eigenvalue weighted by molar-refractivity contribution is 6.03. The van der Waals surface area contributed by atoms with Gasteiger partial charge in [0.15, 0.2) is 0 Å². The number of aromatic nitrogens is 3. The number of aryl methyl sites for hydroxylation is 1. The lowest BCUT2D eigenvalue weighted by atomic mass is 9.89. The van der Waals surface area contributed by atoms with Gasteiger partial charge in [-0.1, -0.05) is 6.07 Å². The highest BCUT2D eigenvalue weighted by Crippen LogP contribution is 2.37. The van der Waals surface area contributed by atoms with Crippen molar-refractivity contribution in [2.75, 3.05) is 12.4 Å². The monoisotopic (exact) mass is 448 g/mol. The van der Waals surface area contributed by atoms with E-state index in [-0.39, 0.29) is 23.6 Å². The van der Waals surface area contributed by atoms with Gasteiger partial charge in [0.05, 0.1) is 31.0 Å². The van der Waals surface area contributed by atoms with Crippen LogP contribution in [-0.4, -0.2) is 33.2 Å². The molecule has 170 valence electrons. The molecule has 0 saturated carbocycles. The molecule has 1 aliphatic rings. The molecule has 0 radical (unpaired) electrons. The molecule has 0 atom stereocenters. The van der Waals surface area contributed by atoms with Crippen molar-refractivity contribution >= 4 is 33.8 Å². The van der Waals surface area contributed by atoms with Crippen molar-refractivity contribution in [1.29, 1.82) is 0 Å². The van der Waals surface area contributed by atoms with Gasteiger partial charge < -0.3 is 19.2 Å². The fourth-order valence-corrected chi connectivity index (χ4v) is 4.23. The summed E-state index contributed by atoms with van der Waals surface area (Å²) < 4.78 is 18.2. The van der Waals surface area contributed by atoms with E-state index in [4.69, 9.17) is 13.9 Å². The molecular formula is C24H24N4O5. The maximum atomic E-state index is 13.1. The van der Waals surface area contributed by atoms with Gasteiger partial charge in [-0.05, 0) is 38.5 Å². The van der Waals surface area contributed by atoms with E-state index in [1.807, 2.05) is 20.8 Å². The van der Waals surface area contributed by atoms with Crippen LogP contribution >= 0.6 is 0 Å². The number of hydrogen-bond donors (Lipinski definition) is 1. The summed E-state index contributed by atoms with van der Waals surface area (Å²) >= 11 is 0. The van der Waals surface area contributed by atoms with E-state index < -0.39 is 5.56 Å². The number of ether oxygens (including phenoxy) is 2. The van der Waals surface area contributed by atoms with E-state index in [0.717, 1.165) is 22.2 Å². The Balaban J connectivity index is 1.52. The zero-order chi connectivity index (χ0) is 23.3. The van der Waals surface area contributed by atoms with Crippen LogP contribution in [0.25, 0.3) is 22.2 Å². The molecule has 5 rings (SSSR count). The van der Waals surface area contributed by atoms with Crippen LogP contribution in [0.4, 0.5) is 5.69 Å². The Morgan fingerprint density at radius 3 is 2.91 bits per heavy atom. The summed E-state index contributed by atoms with van der Waals surface area (Å²) in [4.78, 5) is 34.7. The van der Waals surface area contributed by atoms with Crippen LogP contribution in [-0.2, 0) is 29.1 Å². The van der Waals surface area contributed by atoms with Gasteiger partial charge in [-0.2, -0.15) is 0 Å². The Bertz CT molecular complexity index is 1470. The van der Waals surface area contributed by atoms with Gasteiger partial charge in [0.25, 0.3) is 5.56 Å². The number of hydrogen-bond acceptors (Lipinski definition) is 7. The third kappa shape index (κ3) is 3.74. The maximum absolute atomic E-state index is 13.1. The van der Waals surface area contributed by atoms with E-state index in [0.29, 0.717) is 35.7 Å². The molecule has 0 fully saturated rings. The highest BCUT2D eigenvalue weighted by Gasteiger charge is 2.31. The number of pyridine rings is 1. The van der Waals surface area contributed by atoms with Gasteiger partial charge in [-0.15, -0.1) is 0 Å². The molecule has 0 unspecified atom stereocenters. The largest absolute Gasteiger partial charge is 0.497 e. The first-order valence-corrected chi connectivity index (χ1v) is 10.6. The maximum Gasteiger partial charge on any atom is 0.297 e. The SMILES string of the molecule is COc1cccc(NC(=O)Cn2cnc3c(oc4nc(C)c5c(c43)CC(C)(C)OC5)c2=O)c1. The number of furan rings is 1. The number of nitrogens with one attached hydrogen (secondary N) is 1. The number of nitrogens with zero attached hydrogens (tertiary/aromatic N) is 3. The summed E-state index contributed by atoms with van der Waals surface area (Å²) in [6.07, 6.45) is 2.03. The second kappa shape index (κ2) is 7.70. The lowest BCUT2D eigenvalue weighted by Crippen LogP contribution is -2.32. The lowest BCUT2D eigenvalue weighted by molar-refractivity contribution is -0.116. The summed E-state index contributed by atoms with van der Waals surface area (Å²) in [5.41, 5.74) is 3.59. The summed E-state index contributed by atoms with van der Waals surface area (Å²) in [5, 5.41) is 3.50. The summed E-state index contributed by atoms with van der Waals surface area (Å²) in [6.45, 7) is 6.21. The number of carbonyl (C=O) groups is 1. The fourth-order valence-electron chi connectivity index (χ4n) is 4.23. The first-order valence-electron chi connectivity index (χ1n) is 10.6. The molecule has 4 aromatic rings. The van der Waals surface area contributed by atoms with Gasteiger partial charge in [0.2, 0.25) is 17.2 Å². The normalized spacial score (nSPS) is 14.9. The predicted octanol–water partition coefficient (Wildman–Crippen LogP) is 3.34. The van der Waals surface area contributed by atoms with Gasteiger partial charge >= 0.3 is 0 Å². The third-order valence-electron chi connectivity index (χ3n) is 5.90. The van der Waals surface area contributed by atoms with Gasteiger partial charge in [-0.3, -0.25) is 14.2 Å². The second-order valence-electron chi connectivity index (χ2n) is 8.80. The van der Waals surface area contributed by atoms with Crippen molar-refractivity contribution in [3.05, 3.63) is 57.8 Å². The van der Waals surface area contributed by atoms with Crippen molar-refractivity contribution in [1.82, 2.24) is 14.5 Å². The van der Waals surface area contributed by atoms with Crippen LogP contribution in [0.3, 0.4) is 0 Å². The molecule has 1 amide bonds. The molecule has 4 heterocycles. The quantitative estimate of drug-likeness (QED) is 0.510. The molecule has 3 aromatic heterocycles. The van der Waals surface area contributed by atoms with Crippen LogP contribution in [0.15, 0.2) is 39.8 Å². The smallest absolute Gasteiger partial charge is 0.297 e. The summed E-state index contributed by atoms with van der Waals surface area (Å²) in [7, 11) is 1.55. The summed E-state index contributed by atoms with van der Waals surface area (Å²) in [6, 6.07) is 6.99. The van der Waals surface area contributed by atoms with Gasteiger partial charge in [0, 0.05) is 29.4 Å². The first kappa shape index (κ1) is 21.1. The third-order valence-corrected chi connectivity index (χ3v) is 5.90. The van der Waals surface area contributed by atoms with Crippen molar-refractivity contribution in [2.45, 2.75) is 45.9 Å². The average molecular weight is 448 g/mol. The number of rotatable bonds is 4. The molecule has 33 heavy (non-hydrogen) atoms. The standard InChI is InChI=1S/C24H24N4O5/c1-13-17-11-32-24(2,3)9-16(17)19-20-21(33-22(19)26-13)23(30)28(12-25-20)10-18(29)27-14-6-5-7-15(8-14)31-4/h5-8,12H,9-11H2,1-4H3,(H,27,29). The molecule has 9 heteroatoms. The predicted molar refractivity (Wildman–Crippen MR) is 123 cm³/mol. The van der Waals surface area contributed by atoms with Crippen molar-refractivity contribution < 1.29 is 18.7 Å². The van der Waals surface area contributed by atoms with Gasteiger partial charge in [-0.25, -0.2) is 9.97 Å². The minimum atomic E-state index is -0.434. The number of amides is 1. The van der Waals surface area contributed by atoms with Crippen molar-refractivity contribution in [3.63, 3.8) is 0 Å². The number of anilines is 1. The Labute approximate surface area is 189 Å². The van der Waals surface area contributed by atoms with Crippen LogP contribution < -0.4 is 15.6 Å². The molecule has 0 spiro atoms. The molecule has 0 saturated heterocycles. The summed E-state index contributed by atoms with van der Waals surface area (Å²) in [5.74, 6) is 0.253. The van der Waals surface area contributed by atoms with Crippen LogP contribution in [0.5, 0.6) is 5.75 Å². The fraction of sp³-hybridized carbons (Fsp3) is 0.333. The van der Waals surface area contributed by atoms with Crippen molar-refractivity contribution in [3.8, 4) is 5.75 Å². The van der Waals surface area contributed by atoms with Crippen LogP contribution in [0, 0.1) is 6.92 Å². The van der Waals surface area contributed by atoms with E-state index >= 15 is 0 Å². The molecule has 1 aliphatic heterocycles.